The molecular formula is C15H23N3O2S. The topological polar surface area (TPSA) is 62.3 Å². The zero-order valence-corrected chi connectivity index (χ0v) is 13.9. The van der Waals surface area contributed by atoms with Gasteiger partial charge in [-0.3, -0.25) is 9.59 Å². The predicted molar refractivity (Wildman–Crippen MR) is 84.2 cm³/mol. The lowest BCUT2D eigenvalue weighted by molar-refractivity contribution is -0.142. The third kappa shape index (κ3) is 4.03. The molecule has 1 aromatic heterocycles. The molecule has 0 radical (unpaired) electrons. The number of carbonyl (C=O) groups is 2. The summed E-state index contributed by atoms with van der Waals surface area (Å²) in [6, 6.07) is 1.86. The second kappa shape index (κ2) is 6.13. The molecule has 2 amide bonds. The maximum atomic E-state index is 12.3. The fourth-order valence-electron chi connectivity index (χ4n) is 2.50. The molecule has 21 heavy (non-hydrogen) atoms. The van der Waals surface area contributed by atoms with Crippen molar-refractivity contribution >= 4 is 28.3 Å². The van der Waals surface area contributed by atoms with Crippen molar-refractivity contribution in [3.05, 3.63) is 11.8 Å². The fraction of sp³-hybridized carbons (Fsp3) is 0.667. The molecule has 0 aliphatic carbocycles. The van der Waals surface area contributed by atoms with Crippen LogP contribution in [0.5, 0.6) is 0 Å². The maximum Gasteiger partial charge on any atom is 0.229 e. The molecule has 2 heterocycles. The minimum atomic E-state index is -0.396. The van der Waals surface area contributed by atoms with E-state index < -0.39 is 5.41 Å². The van der Waals surface area contributed by atoms with Gasteiger partial charge < -0.3 is 10.2 Å². The van der Waals surface area contributed by atoms with E-state index in [-0.39, 0.29) is 17.7 Å². The van der Waals surface area contributed by atoms with Crippen molar-refractivity contribution in [3.63, 3.8) is 0 Å². The van der Waals surface area contributed by atoms with Crippen LogP contribution in [0.1, 0.15) is 39.3 Å². The van der Waals surface area contributed by atoms with Gasteiger partial charge in [-0.25, -0.2) is 0 Å². The van der Waals surface area contributed by atoms with Crippen LogP contribution >= 0.6 is 11.5 Å². The molecule has 0 spiro atoms. The molecule has 1 aromatic rings. The van der Waals surface area contributed by atoms with Crippen LogP contribution in [0.4, 0.5) is 5.00 Å². The second-order valence-corrected chi connectivity index (χ2v) is 7.47. The monoisotopic (exact) mass is 309 g/mol. The molecule has 5 nitrogen and oxygen atoms in total. The van der Waals surface area contributed by atoms with Gasteiger partial charge >= 0.3 is 0 Å². The maximum absolute atomic E-state index is 12.3. The van der Waals surface area contributed by atoms with E-state index in [9.17, 15) is 9.59 Å². The van der Waals surface area contributed by atoms with Gasteiger partial charge in [0.05, 0.1) is 11.6 Å². The van der Waals surface area contributed by atoms with Gasteiger partial charge in [0.2, 0.25) is 11.8 Å². The number of piperidine rings is 1. The molecular weight excluding hydrogens is 286 g/mol. The molecule has 1 aliphatic rings. The number of amides is 2. The fourth-order valence-corrected chi connectivity index (χ4v) is 3.16. The van der Waals surface area contributed by atoms with E-state index in [1.165, 1.54) is 11.5 Å². The first-order chi connectivity index (χ1) is 9.77. The Labute approximate surface area is 129 Å². The van der Waals surface area contributed by atoms with Crippen LogP contribution in [-0.4, -0.2) is 34.2 Å². The van der Waals surface area contributed by atoms with E-state index in [0.29, 0.717) is 6.54 Å². The van der Waals surface area contributed by atoms with Gasteiger partial charge in [0.15, 0.2) is 0 Å². The van der Waals surface area contributed by atoms with Gasteiger partial charge in [0.25, 0.3) is 0 Å². The Balaban J connectivity index is 1.97. The summed E-state index contributed by atoms with van der Waals surface area (Å²) < 4.78 is 4.15. The quantitative estimate of drug-likeness (QED) is 0.913. The van der Waals surface area contributed by atoms with Gasteiger partial charge in [0.1, 0.15) is 5.00 Å². The summed E-state index contributed by atoms with van der Waals surface area (Å²) >= 11 is 1.29. The van der Waals surface area contributed by atoms with Crippen molar-refractivity contribution in [1.29, 1.82) is 0 Å². The van der Waals surface area contributed by atoms with Gasteiger partial charge in [-0.15, -0.1) is 0 Å². The molecule has 0 bridgehead atoms. The molecule has 6 heteroatoms. The Kier molecular flexibility index (Phi) is 4.66. The highest BCUT2D eigenvalue weighted by atomic mass is 32.1. The van der Waals surface area contributed by atoms with E-state index in [0.717, 1.165) is 30.1 Å². The average Bonchev–Trinajstić information content (AvgIpc) is 2.82. The lowest BCUT2D eigenvalue weighted by Gasteiger charge is -2.35. The Morgan fingerprint density at radius 1 is 1.43 bits per heavy atom. The summed E-state index contributed by atoms with van der Waals surface area (Å²) in [4.78, 5) is 26.5. The van der Waals surface area contributed by atoms with Crippen molar-refractivity contribution in [1.82, 2.24) is 9.27 Å². The van der Waals surface area contributed by atoms with E-state index in [2.05, 4.69) is 9.69 Å². The predicted octanol–water partition coefficient (Wildman–Crippen LogP) is 2.67. The minimum absolute atomic E-state index is 0.00920. The summed E-state index contributed by atoms with van der Waals surface area (Å²) in [5.74, 6) is -0.0221. The largest absolute Gasteiger partial charge is 0.341 e. The number of hydrogen-bond acceptors (Lipinski definition) is 4. The zero-order chi connectivity index (χ0) is 15.6. The van der Waals surface area contributed by atoms with E-state index in [1.54, 1.807) is 0 Å². The molecule has 2 rings (SSSR count). The number of carbonyl (C=O) groups excluding carboxylic acids is 2. The molecule has 0 aromatic carbocycles. The number of anilines is 1. The number of aromatic nitrogens is 1. The number of aryl methyl sites for hydroxylation is 1. The van der Waals surface area contributed by atoms with Crippen molar-refractivity contribution in [2.75, 3.05) is 18.4 Å². The summed E-state index contributed by atoms with van der Waals surface area (Å²) in [5, 5.41) is 3.68. The molecule has 116 valence electrons. The Morgan fingerprint density at radius 3 is 2.71 bits per heavy atom. The Hall–Kier alpha value is -1.43. The van der Waals surface area contributed by atoms with Crippen LogP contribution in [0.3, 0.4) is 0 Å². The molecule has 1 fully saturated rings. The normalized spacial score (nSPS) is 19.4. The van der Waals surface area contributed by atoms with Crippen LogP contribution in [-0.2, 0) is 9.59 Å². The smallest absolute Gasteiger partial charge is 0.229 e. The van der Waals surface area contributed by atoms with Crippen LogP contribution in [0.25, 0.3) is 0 Å². The van der Waals surface area contributed by atoms with Crippen LogP contribution in [0.15, 0.2) is 6.07 Å². The molecule has 1 saturated heterocycles. The van der Waals surface area contributed by atoms with Gasteiger partial charge in [-0.1, -0.05) is 20.8 Å². The Bertz CT molecular complexity index is 533. The summed E-state index contributed by atoms with van der Waals surface area (Å²) in [6.07, 6.45) is 1.71. The molecule has 0 saturated carbocycles. The lowest BCUT2D eigenvalue weighted by Crippen LogP contribution is -2.47. The highest BCUT2D eigenvalue weighted by molar-refractivity contribution is 7.10. The third-order valence-corrected chi connectivity index (χ3v) is 4.39. The van der Waals surface area contributed by atoms with Crippen LogP contribution < -0.4 is 5.32 Å². The molecule has 1 unspecified atom stereocenters. The third-order valence-electron chi connectivity index (χ3n) is 3.60. The summed E-state index contributed by atoms with van der Waals surface area (Å²) in [6.45, 7) is 8.91. The molecule has 1 atom stereocenters. The van der Waals surface area contributed by atoms with Crippen molar-refractivity contribution in [2.45, 2.75) is 40.5 Å². The van der Waals surface area contributed by atoms with E-state index in [1.807, 2.05) is 38.7 Å². The molecule has 1 aliphatic heterocycles. The number of nitrogens with zero attached hydrogens (tertiary/aromatic N) is 2. The van der Waals surface area contributed by atoms with Crippen LogP contribution in [0, 0.1) is 18.3 Å². The van der Waals surface area contributed by atoms with Gasteiger partial charge in [0, 0.05) is 18.5 Å². The Morgan fingerprint density at radius 2 is 2.14 bits per heavy atom. The standard InChI is InChI=1S/C15H23N3O2S/c1-10-8-12(21-17-10)16-13(19)11-6-5-7-18(9-11)14(20)15(2,3)4/h8,11H,5-7,9H2,1-4H3,(H,16,19). The van der Waals surface area contributed by atoms with E-state index >= 15 is 0 Å². The SMILES string of the molecule is Cc1cc(NC(=O)C2CCCN(C(=O)C(C)(C)C)C2)sn1. The van der Waals surface area contributed by atoms with E-state index in [4.69, 9.17) is 0 Å². The highest BCUT2D eigenvalue weighted by Crippen LogP contribution is 2.25. The minimum Gasteiger partial charge on any atom is -0.341 e. The van der Waals surface area contributed by atoms with Gasteiger partial charge in [-0.05, 0) is 37.4 Å². The highest BCUT2D eigenvalue weighted by Gasteiger charge is 2.33. The summed E-state index contributed by atoms with van der Waals surface area (Å²) in [7, 11) is 0. The average molecular weight is 309 g/mol. The lowest BCUT2D eigenvalue weighted by atomic mass is 9.91. The number of rotatable bonds is 2. The van der Waals surface area contributed by atoms with Crippen LogP contribution in [0.2, 0.25) is 0 Å². The first kappa shape index (κ1) is 15.9. The van der Waals surface area contributed by atoms with Crippen molar-refractivity contribution in [2.24, 2.45) is 11.3 Å². The molecule has 1 N–H and O–H groups in total. The zero-order valence-electron chi connectivity index (χ0n) is 13.1. The first-order valence-electron chi connectivity index (χ1n) is 7.31. The number of nitrogens with one attached hydrogen (secondary N) is 1. The first-order valence-corrected chi connectivity index (χ1v) is 8.08. The second-order valence-electron chi connectivity index (χ2n) is 6.66. The number of likely N-dealkylation sites (tertiary alicyclic amines) is 1. The van der Waals surface area contributed by atoms with Gasteiger partial charge in [-0.2, -0.15) is 4.37 Å². The summed E-state index contributed by atoms with van der Waals surface area (Å²) in [5.41, 5.74) is 0.510. The van der Waals surface area contributed by atoms with Crippen molar-refractivity contribution < 1.29 is 9.59 Å². The van der Waals surface area contributed by atoms with Crippen molar-refractivity contribution in [3.8, 4) is 0 Å². The number of hydrogen-bond donors (Lipinski definition) is 1.